The van der Waals surface area contributed by atoms with Gasteiger partial charge >= 0.3 is 0 Å². The van der Waals surface area contributed by atoms with Gasteiger partial charge in [0.25, 0.3) is 0 Å². The van der Waals surface area contributed by atoms with Crippen molar-refractivity contribution in [3.63, 3.8) is 0 Å². The predicted molar refractivity (Wildman–Crippen MR) is 76.4 cm³/mol. The molecule has 2 atom stereocenters. The van der Waals surface area contributed by atoms with Crippen LogP contribution in [-0.2, 0) is 6.42 Å². The van der Waals surface area contributed by atoms with Crippen LogP contribution < -0.4 is 5.73 Å². The molecule has 1 aromatic carbocycles. The van der Waals surface area contributed by atoms with E-state index in [0.29, 0.717) is 11.3 Å². The summed E-state index contributed by atoms with van der Waals surface area (Å²) in [6, 6.07) is 8.79. The lowest BCUT2D eigenvalue weighted by molar-refractivity contribution is 0.232. The molecule has 1 aliphatic heterocycles. The SMILES string of the molecule is CC(C)(C)C(CN)CC1Cc2ccccc2S1. The first-order valence-corrected chi connectivity index (χ1v) is 7.33. The first-order valence-electron chi connectivity index (χ1n) is 6.45. The molecule has 0 aliphatic carbocycles. The number of rotatable bonds is 3. The van der Waals surface area contributed by atoms with Crippen LogP contribution in [0, 0.1) is 11.3 Å². The Morgan fingerprint density at radius 1 is 1.35 bits per heavy atom. The highest BCUT2D eigenvalue weighted by molar-refractivity contribution is 8.00. The van der Waals surface area contributed by atoms with Crippen molar-refractivity contribution in [1.29, 1.82) is 0 Å². The van der Waals surface area contributed by atoms with Gasteiger partial charge in [-0.05, 0) is 42.3 Å². The number of fused-ring (bicyclic) bond motifs is 1. The Balaban J connectivity index is 2.00. The largest absolute Gasteiger partial charge is 0.330 e. The first-order chi connectivity index (χ1) is 8.00. The molecule has 1 heterocycles. The zero-order valence-corrected chi connectivity index (χ0v) is 11.9. The molecular weight excluding hydrogens is 226 g/mol. The van der Waals surface area contributed by atoms with Crippen molar-refractivity contribution in [2.75, 3.05) is 6.54 Å². The Labute approximate surface area is 109 Å². The van der Waals surface area contributed by atoms with Crippen LogP contribution in [0.3, 0.4) is 0 Å². The third-order valence-corrected chi connectivity index (χ3v) is 5.12. The second-order valence-corrected chi connectivity index (χ2v) is 7.43. The van der Waals surface area contributed by atoms with E-state index in [2.05, 4.69) is 45.0 Å². The summed E-state index contributed by atoms with van der Waals surface area (Å²) in [4.78, 5) is 1.47. The lowest BCUT2D eigenvalue weighted by Gasteiger charge is -2.31. The second-order valence-electron chi connectivity index (χ2n) is 6.09. The summed E-state index contributed by atoms with van der Waals surface area (Å²) in [7, 11) is 0. The van der Waals surface area contributed by atoms with E-state index in [1.54, 1.807) is 0 Å². The molecule has 1 nitrogen and oxygen atoms in total. The third kappa shape index (κ3) is 3.05. The van der Waals surface area contributed by atoms with Gasteiger partial charge in [-0.15, -0.1) is 11.8 Å². The smallest absolute Gasteiger partial charge is 0.0139 e. The van der Waals surface area contributed by atoms with Gasteiger partial charge in [0.15, 0.2) is 0 Å². The number of hydrogen-bond donors (Lipinski definition) is 1. The lowest BCUT2D eigenvalue weighted by atomic mass is 9.77. The summed E-state index contributed by atoms with van der Waals surface area (Å²) in [5.41, 5.74) is 7.78. The van der Waals surface area contributed by atoms with Gasteiger partial charge in [0.05, 0.1) is 0 Å². The standard InChI is InChI=1S/C15H23NS/c1-15(2,3)12(10-16)9-13-8-11-6-4-5-7-14(11)17-13/h4-7,12-13H,8-10,16H2,1-3H3. The average Bonchev–Trinajstić information content (AvgIpc) is 2.66. The highest BCUT2D eigenvalue weighted by Crippen LogP contribution is 2.42. The molecule has 0 saturated carbocycles. The van der Waals surface area contributed by atoms with Gasteiger partial charge in [0.2, 0.25) is 0 Å². The molecule has 94 valence electrons. The maximum Gasteiger partial charge on any atom is 0.0139 e. The van der Waals surface area contributed by atoms with E-state index < -0.39 is 0 Å². The fourth-order valence-electron chi connectivity index (χ4n) is 2.51. The van der Waals surface area contributed by atoms with E-state index in [9.17, 15) is 0 Å². The lowest BCUT2D eigenvalue weighted by Crippen LogP contribution is -2.30. The molecule has 0 amide bonds. The van der Waals surface area contributed by atoms with Crippen molar-refractivity contribution in [2.24, 2.45) is 17.1 Å². The number of nitrogens with two attached hydrogens (primary N) is 1. The van der Waals surface area contributed by atoms with Gasteiger partial charge < -0.3 is 5.73 Å². The van der Waals surface area contributed by atoms with E-state index in [4.69, 9.17) is 5.73 Å². The Morgan fingerprint density at radius 2 is 2.06 bits per heavy atom. The third-order valence-electron chi connectivity index (χ3n) is 3.77. The summed E-state index contributed by atoms with van der Waals surface area (Å²) >= 11 is 2.04. The van der Waals surface area contributed by atoms with Gasteiger partial charge in [0, 0.05) is 10.1 Å². The summed E-state index contributed by atoms with van der Waals surface area (Å²) < 4.78 is 0. The van der Waals surface area contributed by atoms with Gasteiger partial charge in [0.1, 0.15) is 0 Å². The Bertz CT molecular complexity index is 356. The molecule has 2 N–H and O–H groups in total. The van der Waals surface area contributed by atoms with Crippen molar-refractivity contribution in [3.8, 4) is 0 Å². The molecule has 1 aliphatic rings. The van der Waals surface area contributed by atoms with Gasteiger partial charge in [-0.25, -0.2) is 0 Å². The van der Waals surface area contributed by atoms with Crippen LogP contribution >= 0.6 is 11.8 Å². The molecule has 0 spiro atoms. The minimum Gasteiger partial charge on any atom is -0.330 e. The van der Waals surface area contributed by atoms with Gasteiger partial charge in [-0.2, -0.15) is 0 Å². The molecule has 17 heavy (non-hydrogen) atoms. The highest BCUT2D eigenvalue weighted by atomic mass is 32.2. The Morgan fingerprint density at radius 3 is 2.65 bits per heavy atom. The van der Waals surface area contributed by atoms with E-state index in [-0.39, 0.29) is 0 Å². The quantitative estimate of drug-likeness (QED) is 0.883. The molecule has 1 aromatic rings. The van der Waals surface area contributed by atoms with Crippen LogP contribution in [0.25, 0.3) is 0 Å². The minimum atomic E-state index is 0.323. The van der Waals surface area contributed by atoms with Crippen molar-refractivity contribution < 1.29 is 0 Å². The second kappa shape index (κ2) is 5.03. The average molecular weight is 249 g/mol. The summed E-state index contributed by atoms with van der Waals surface area (Å²) in [6.45, 7) is 7.71. The monoisotopic (exact) mass is 249 g/mol. The molecule has 0 aromatic heterocycles. The predicted octanol–water partition coefficient (Wildman–Crippen LogP) is 3.71. The van der Waals surface area contributed by atoms with Gasteiger partial charge in [-0.1, -0.05) is 39.0 Å². The highest BCUT2D eigenvalue weighted by Gasteiger charge is 2.29. The van der Waals surface area contributed by atoms with Crippen LogP contribution in [0.1, 0.15) is 32.8 Å². The van der Waals surface area contributed by atoms with E-state index in [1.807, 2.05) is 11.8 Å². The number of hydrogen-bond acceptors (Lipinski definition) is 2. The molecule has 0 radical (unpaired) electrons. The zero-order chi connectivity index (χ0) is 12.5. The molecule has 0 bridgehead atoms. The number of benzene rings is 1. The first kappa shape index (κ1) is 13.0. The summed E-state index contributed by atoms with van der Waals surface area (Å²) in [5, 5.41) is 0.722. The van der Waals surface area contributed by atoms with Crippen molar-refractivity contribution in [3.05, 3.63) is 29.8 Å². The van der Waals surface area contributed by atoms with Crippen molar-refractivity contribution in [2.45, 2.75) is 43.8 Å². The number of thioether (sulfide) groups is 1. The normalized spacial score (nSPS) is 21.3. The maximum atomic E-state index is 5.93. The molecule has 0 fully saturated rings. The van der Waals surface area contributed by atoms with Crippen LogP contribution in [0.4, 0.5) is 0 Å². The van der Waals surface area contributed by atoms with Crippen LogP contribution in [-0.4, -0.2) is 11.8 Å². The van der Waals surface area contributed by atoms with Gasteiger partial charge in [-0.3, -0.25) is 0 Å². The molecule has 2 unspecified atom stereocenters. The van der Waals surface area contributed by atoms with Crippen LogP contribution in [0.2, 0.25) is 0 Å². The molecular formula is C15H23NS. The van der Waals surface area contributed by atoms with Crippen molar-refractivity contribution >= 4 is 11.8 Å². The van der Waals surface area contributed by atoms with Crippen molar-refractivity contribution in [1.82, 2.24) is 0 Å². The molecule has 0 saturated heterocycles. The van der Waals surface area contributed by atoms with E-state index in [1.165, 1.54) is 23.3 Å². The zero-order valence-electron chi connectivity index (χ0n) is 11.1. The Kier molecular flexibility index (Phi) is 3.84. The fourth-order valence-corrected chi connectivity index (χ4v) is 3.92. The van der Waals surface area contributed by atoms with E-state index in [0.717, 1.165) is 11.8 Å². The summed E-state index contributed by atoms with van der Waals surface area (Å²) in [5.74, 6) is 0.620. The minimum absolute atomic E-state index is 0.323. The molecule has 2 heteroatoms. The Hall–Kier alpha value is -0.470. The van der Waals surface area contributed by atoms with Crippen LogP contribution in [0.15, 0.2) is 29.2 Å². The summed E-state index contributed by atoms with van der Waals surface area (Å²) in [6.07, 6.45) is 2.45. The van der Waals surface area contributed by atoms with E-state index >= 15 is 0 Å². The molecule has 2 rings (SSSR count). The fraction of sp³-hybridized carbons (Fsp3) is 0.600. The topological polar surface area (TPSA) is 26.0 Å². The van der Waals surface area contributed by atoms with Crippen LogP contribution in [0.5, 0.6) is 0 Å². The maximum absolute atomic E-state index is 5.93.